The highest BCUT2D eigenvalue weighted by atomic mass is 35.5. The Balaban J connectivity index is 1.91. The topological polar surface area (TPSA) is 35.2 Å². The molecule has 0 bridgehead atoms. The van der Waals surface area contributed by atoms with E-state index in [1.807, 2.05) is 18.2 Å². The van der Waals surface area contributed by atoms with Crippen molar-refractivity contribution in [3.05, 3.63) is 23.2 Å². The molecule has 0 spiro atoms. The minimum Gasteiger partial charge on any atom is -0.398 e. The summed E-state index contributed by atoms with van der Waals surface area (Å²) in [5, 5.41) is 0.734. The van der Waals surface area contributed by atoms with E-state index in [-0.39, 0.29) is 0 Å². The van der Waals surface area contributed by atoms with Crippen LogP contribution in [0.5, 0.6) is 0 Å². The molecule has 2 atom stereocenters. The van der Waals surface area contributed by atoms with Crippen LogP contribution in [0.15, 0.2) is 23.1 Å². The molecule has 1 fully saturated rings. The summed E-state index contributed by atoms with van der Waals surface area (Å²) in [6, 6.07) is 5.58. The van der Waals surface area contributed by atoms with Crippen molar-refractivity contribution in [1.29, 1.82) is 0 Å². The van der Waals surface area contributed by atoms with E-state index in [2.05, 4.69) is 6.92 Å². The molecule has 2 N–H and O–H groups in total. The highest BCUT2D eigenvalue weighted by Gasteiger charge is 2.21. The number of nitrogen functional groups attached to an aromatic ring is 1. The standard InChI is InChI=1S/C12H16ClNOS/c1-8-2-4-10(15-8)7-16-12-6-9(13)3-5-11(12)14/h3,5-6,8,10H,2,4,7,14H2,1H3. The quantitative estimate of drug-likeness (QED) is 0.664. The molecule has 2 rings (SSSR count). The molecular formula is C12H16ClNOS. The van der Waals surface area contributed by atoms with Crippen molar-refractivity contribution in [1.82, 2.24) is 0 Å². The Morgan fingerprint density at radius 3 is 3.00 bits per heavy atom. The highest BCUT2D eigenvalue weighted by Crippen LogP contribution is 2.31. The molecule has 1 heterocycles. The van der Waals surface area contributed by atoms with Gasteiger partial charge in [-0.3, -0.25) is 0 Å². The zero-order chi connectivity index (χ0) is 11.5. The summed E-state index contributed by atoms with van der Waals surface area (Å²) in [5.74, 6) is 0.953. The van der Waals surface area contributed by atoms with Gasteiger partial charge in [-0.05, 0) is 38.0 Å². The van der Waals surface area contributed by atoms with Gasteiger partial charge in [0.15, 0.2) is 0 Å². The molecule has 0 aliphatic carbocycles. The minimum atomic E-state index is 0.360. The van der Waals surface area contributed by atoms with E-state index in [1.165, 1.54) is 0 Å². The summed E-state index contributed by atoms with van der Waals surface area (Å²) in [6.45, 7) is 2.12. The van der Waals surface area contributed by atoms with Crippen LogP contribution in [0.2, 0.25) is 5.02 Å². The Labute approximate surface area is 105 Å². The van der Waals surface area contributed by atoms with Crippen LogP contribution in [0.1, 0.15) is 19.8 Å². The van der Waals surface area contributed by atoms with Gasteiger partial charge in [0.1, 0.15) is 0 Å². The van der Waals surface area contributed by atoms with Gasteiger partial charge in [-0.1, -0.05) is 11.6 Å². The second kappa shape index (κ2) is 5.30. The Kier molecular flexibility index (Phi) is 4.00. The van der Waals surface area contributed by atoms with Crippen molar-refractivity contribution < 1.29 is 4.74 Å². The van der Waals surface area contributed by atoms with Crippen molar-refractivity contribution in [2.75, 3.05) is 11.5 Å². The number of thioether (sulfide) groups is 1. The molecule has 2 nitrogen and oxygen atoms in total. The maximum absolute atomic E-state index is 5.94. The molecule has 1 saturated heterocycles. The van der Waals surface area contributed by atoms with Crippen LogP contribution < -0.4 is 5.73 Å². The van der Waals surface area contributed by atoms with Crippen LogP contribution in [0.4, 0.5) is 5.69 Å². The maximum atomic E-state index is 5.94. The molecule has 0 saturated carbocycles. The zero-order valence-corrected chi connectivity index (χ0v) is 10.9. The summed E-state index contributed by atoms with van der Waals surface area (Å²) in [5.41, 5.74) is 6.67. The molecule has 1 aliphatic rings. The summed E-state index contributed by atoms with van der Waals surface area (Å²) < 4.78 is 5.76. The van der Waals surface area contributed by atoms with E-state index in [4.69, 9.17) is 22.1 Å². The molecule has 1 aromatic rings. The molecule has 0 aromatic heterocycles. The molecule has 1 aromatic carbocycles. The number of rotatable bonds is 3. The lowest BCUT2D eigenvalue weighted by atomic mass is 10.2. The molecule has 0 amide bonds. The number of nitrogens with two attached hydrogens (primary N) is 1. The third kappa shape index (κ3) is 3.06. The lowest BCUT2D eigenvalue weighted by Gasteiger charge is -2.11. The van der Waals surface area contributed by atoms with Gasteiger partial charge in [0.25, 0.3) is 0 Å². The molecular weight excluding hydrogens is 242 g/mol. The summed E-state index contributed by atoms with van der Waals surface area (Å²) in [7, 11) is 0. The van der Waals surface area contributed by atoms with Crippen molar-refractivity contribution in [3.8, 4) is 0 Å². The zero-order valence-electron chi connectivity index (χ0n) is 9.28. The van der Waals surface area contributed by atoms with E-state index in [0.717, 1.165) is 34.2 Å². The molecule has 0 radical (unpaired) electrons. The van der Waals surface area contributed by atoms with Crippen molar-refractivity contribution >= 4 is 29.1 Å². The molecule has 16 heavy (non-hydrogen) atoms. The SMILES string of the molecule is CC1CCC(CSc2cc(Cl)ccc2N)O1. The number of halogens is 1. The Morgan fingerprint density at radius 2 is 2.31 bits per heavy atom. The Bertz CT molecular complexity index is 372. The normalized spacial score (nSPS) is 24.9. The molecule has 4 heteroatoms. The van der Waals surface area contributed by atoms with Crippen molar-refractivity contribution in [3.63, 3.8) is 0 Å². The lowest BCUT2D eigenvalue weighted by molar-refractivity contribution is 0.0700. The van der Waals surface area contributed by atoms with Crippen LogP contribution >= 0.6 is 23.4 Å². The third-order valence-corrected chi connectivity index (χ3v) is 4.16. The van der Waals surface area contributed by atoms with Gasteiger partial charge in [-0.25, -0.2) is 0 Å². The first kappa shape index (κ1) is 12.1. The number of hydrogen-bond donors (Lipinski definition) is 1. The number of hydrogen-bond acceptors (Lipinski definition) is 3. The van der Waals surface area contributed by atoms with Crippen LogP contribution in [0, 0.1) is 0 Å². The third-order valence-electron chi connectivity index (χ3n) is 2.72. The van der Waals surface area contributed by atoms with Gasteiger partial charge in [0.2, 0.25) is 0 Å². The summed E-state index contributed by atoms with van der Waals surface area (Å²) in [6.07, 6.45) is 3.07. The first-order valence-corrected chi connectivity index (χ1v) is 6.85. The van der Waals surface area contributed by atoms with Gasteiger partial charge in [0, 0.05) is 21.4 Å². The largest absolute Gasteiger partial charge is 0.398 e. The van der Waals surface area contributed by atoms with Gasteiger partial charge in [-0.15, -0.1) is 11.8 Å². The van der Waals surface area contributed by atoms with E-state index in [0.29, 0.717) is 12.2 Å². The van der Waals surface area contributed by atoms with Crippen molar-refractivity contribution in [2.24, 2.45) is 0 Å². The highest BCUT2D eigenvalue weighted by molar-refractivity contribution is 7.99. The smallest absolute Gasteiger partial charge is 0.0673 e. The second-order valence-corrected chi connectivity index (χ2v) is 5.64. The van der Waals surface area contributed by atoms with E-state index in [1.54, 1.807) is 11.8 Å². The van der Waals surface area contributed by atoms with Gasteiger partial charge in [0.05, 0.1) is 12.2 Å². The minimum absolute atomic E-state index is 0.360. The van der Waals surface area contributed by atoms with Gasteiger partial charge in [-0.2, -0.15) is 0 Å². The monoisotopic (exact) mass is 257 g/mol. The Hall–Kier alpha value is -0.380. The fourth-order valence-electron chi connectivity index (χ4n) is 1.82. The maximum Gasteiger partial charge on any atom is 0.0673 e. The van der Waals surface area contributed by atoms with E-state index in [9.17, 15) is 0 Å². The van der Waals surface area contributed by atoms with Crippen LogP contribution in [-0.4, -0.2) is 18.0 Å². The fraction of sp³-hybridized carbons (Fsp3) is 0.500. The predicted octanol–water partition coefficient (Wildman–Crippen LogP) is 3.58. The average Bonchev–Trinajstić information content (AvgIpc) is 2.66. The lowest BCUT2D eigenvalue weighted by Crippen LogP contribution is -2.10. The molecule has 1 aliphatic heterocycles. The molecule has 2 unspecified atom stereocenters. The van der Waals surface area contributed by atoms with Crippen LogP contribution in [-0.2, 0) is 4.74 Å². The predicted molar refractivity (Wildman–Crippen MR) is 70.2 cm³/mol. The van der Waals surface area contributed by atoms with E-state index < -0.39 is 0 Å². The van der Waals surface area contributed by atoms with Crippen LogP contribution in [0.25, 0.3) is 0 Å². The first-order valence-electron chi connectivity index (χ1n) is 5.48. The average molecular weight is 258 g/mol. The first-order chi connectivity index (χ1) is 7.65. The van der Waals surface area contributed by atoms with Gasteiger partial charge >= 0.3 is 0 Å². The van der Waals surface area contributed by atoms with Crippen LogP contribution in [0.3, 0.4) is 0 Å². The Morgan fingerprint density at radius 1 is 1.50 bits per heavy atom. The number of ether oxygens (including phenoxy) is 1. The molecule has 88 valence electrons. The number of anilines is 1. The van der Waals surface area contributed by atoms with Crippen molar-refractivity contribution in [2.45, 2.75) is 36.9 Å². The van der Waals surface area contributed by atoms with E-state index >= 15 is 0 Å². The number of benzene rings is 1. The second-order valence-electron chi connectivity index (χ2n) is 4.14. The summed E-state index contributed by atoms with van der Waals surface area (Å²) >= 11 is 7.66. The summed E-state index contributed by atoms with van der Waals surface area (Å²) in [4.78, 5) is 1.05. The fourth-order valence-corrected chi connectivity index (χ4v) is 3.12. The van der Waals surface area contributed by atoms with Gasteiger partial charge < -0.3 is 10.5 Å².